The highest BCUT2D eigenvalue weighted by molar-refractivity contribution is 5.78. The highest BCUT2D eigenvalue weighted by atomic mass is 16.5. The number of aliphatic hydroxyl groups excluding tert-OH is 1. The van der Waals surface area contributed by atoms with Crippen LogP contribution in [0.4, 0.5) is 0 Å². The van der Waals surface area contributed by atoms with Crippen LogP contribution >= 0.6 is 0 Å². The van der Waals surface area contributed by atoms with Gasteiger partial charge in [-0.25, -0.2) is 0 Å². The predicted octanol–water partition coefficient (Wildman–Crippen LogP) is 1.37. The van der Waals surface area contributed by atoms with Gasteiger partial charge in [-0.2, -0.15) is 0 Å². The number of carbonyl (C=O) groups excluding carboxylic acids is 1. The summed E-state index contributed by atoms with van der Waals surface area (Å²) in [5.41, 5.74) is 0.887. The zero-order chi connectivity index (χ0) is 10.9. The molecule has 0 aliphatic heterocycles. The van der Waals surface area contributed by atoms with Crippen LogP contribution in [0.15, 0.2) is 11.6 Å². The molecule has 14 heavy (non-hydrogen) atoms. The molecule has 0 saturated heterocycles. The summed E-state index contributed by atoms with van der Waals surface area (Å²) in [4.78, 5) is 11.4. The number of aliphatic hydroxyl groups is 1. The number of hydrogen-bond acceptors (Lipinski definition) is 3. The van der Waals surface area contributed by atoms with Gasteiger partial charge in [-0.05, 0) is 18.3 Å². The van der Waals surface area contributed by atoms with Crippen molar-refractivity contribution in [1.82, 2.24) is 0 Å². The maximum Gasteiger partial charge on any atom is 0.309 e. The molecule has 1 fully saturated rings. The SMILES string of the molecule is COC(=O)[C@H]1[C@H](/C=C(/C)CO)C1(C)C. The van der Waals surface area contributed by atoms with Crippen LogP contribution in [0.1, 0.15) is 20.8 Å². The molecule has 0 aromatic carbocycles. The molecule has 0 aromatic heterocycles. The molecule has 0 radical (unpaired) electrons. The van der Waals surface area contributed by atoms with Crippen molar-refractivity contribution < 1.29 is 14.6 Å². The van der Waals surface area contributed by atoms with E-state index in [1.165, 1.54) is 7.11 Å². The van der Waals surface area contributed by atoms with E-state index < -0.39 is 0 Å². The molecule has 2 atom stereocenters. The van der Waals surface area contributed by atoms with Gasteiger partial charge in [0.15, 0.2) is 0 Å². The normalized spacial score (nSPS) is 29.9. The molecule has 1 N–H and O–H groups in total. The van der Waals surface area contributed by atoms with Gasteiger partial charge in [0.25, 0.3) is 0 Å². The molecule has 0 amide bonds. The minimum absolute atomic E-state index is 0.0243. The van der Waals surface area contributed by atoms with Crippen molar-refractivity contribution in [2.45, 2.75) is 20.8 Å². The van der Waals surface area contributed by atoms with E-state index in [-0.39, 0.29) is 29.8 Å². The summed E-state index contributed by atoms with van der Waals surface area (Å²) in [5, 5.41) is 8.88. The van der Waals surface area contributed by atoms with Gasteiger partial charge in [0, 0.05) is 0 Å². The summed E-state index contributed by atoms with van der Waals surface area (Å²) in [7, 11) is 1.41. The highest BCUT2D eigenvalue weighted by Crippen LogP contribution is 2.59. The lowest BCUT2D eigenvalue weighted by Gasteiger charge is -1.99. The molecule has 3 nitrogen and oxygen atoms in total. The number of methoxy groups -OCH3 is 1. The molecule has 80 valence electrons. The van der Waals surface area contributed by atoms with E-state index >= 15 is 0 Å². The summed E-state index contributed by atoms with van der Waals surface area (Å²) < 4.78 is 4.72. The zero-order valence-electron chi connectivity index (χ0n) is 9.20. The van der Waals surface area contributed by atoms with Crippen molar-refractivity contribution in [3.8, 4) is 0 Å². The monoisotopic (exact) mass is 198 g/mol. The van der Waals surface area contributed by atoms with Gasteiger partial charge in [0.2, 0.25) is 0 Å². The van der Waals surface area contributed by atoms with Gasteiger partial charge >= 0.3 is 5.97 Å². The smallest absolute Gasteiger partial charge is 0.309 e. The molecule has 1 rings (SSSR count). The molecule has 0 aromatic rings. The summed E-state index contributed by atoms with van der Waals surface area (Å²) >= 11 is 0. The van der Waals surface area contributed by atoms with Crippen LogP contribution in [0.2, 0.25) is 0 Å². The summed E-state index contributed by atoms with van der Waals surface area (Å²) in [5.74, 6) is 0.0121. The van der Waals surface area contributed by atoms with Crippen LogP contribution in [0.25, 0.3) is 0 Å². The Balaban J connectivity index is 2.71. The van der Waals surface area contributed by atoms with Crippen molar-refractivity contribution in [3.05, 3.63) is 11.6 Å². The third kappa shape index (κ3) is 1.82. The van der Waals surface area contributed by atoms with Crippen molar-refractivity contribution in [2.24, 2.45) is 17.3 Å². The van der Waals surface area contributed by atoms with E-state index in [0.29, 0.717) is 0 Å². The zero-order valence-corrected chi connectivity index (χ0v) is 9.20. The van der Waals surface area contributed by atoms with Gasteiger partial charge in [-0.15, -0.1) is 0 Å². The fraction of sp³-hybridized carbons (Fsp3) is 0.727. The lowest BCUT2D eigenvalue weighted by atomic mass is 10.1. The van der Waals surface area contributed by atoms with E-state index in [2.05, 4.69) is 0 Å². The van der Waals surface area contributed by atoms with Crippen LogP contribution < -0.4 is 0 Å². The average molecular weight is 198 g/mol. The largest absolute Gasteiger partial charge is 0.469 e. The fourth-order valence-corrected chi connectivity index (χ4v) is 1.93. The quantitative estimate of drug-likeness (QED) is 0.550. The lowest BCUT2D eigenvalue weighted by Crippen LogP contribution is -2.07. The first-order valence-electron chi connectivity index (χ1n) is 4.81. The second-order valence-electron chi connectivity index (χ2n) is 4.52. The molecule has 1 saturated carbocycles. The number of hydrogen-bond donors (Lipinski definition) is 1. The van der Waals surface area contributed by atoms with E-state index in [1.54, 1.807) is 0 Å². The van der Waals surface area contributed by atoms with Gasteiger partial charge in [-0.1, -0.05) is 25.5 Å². The standard InChI is InChI=1S/C11H18O3/c1-7(6-12)5-8-9(10(13)14-4)11(8,2)3/h5,8-9,12H,6H2,1-4H3/b7-5-/t8-,9+/m0/s1. The topological polar surface area (TPSA) is 46.5 Å². The summed E-state index contributed by atoms with van der Waals surface area (Å²) in [6.45, 7) is 6.00. The van der Waals surface area contributed by atoms with E-state index in [0.717, 1.165) is 5.57 Å². The second-order valence-corrected chi connectivity index (χ2v) is 4.52. The van der Waals surface area contributed by atoms with Crippen molar-refractivity contribution in [3.63, 3.8) is 0 Å². The van der Waals surface area contributed by atoms with Gasteiger partial charge in [-0.3, -0.25) is 4.79 Å². The minimum atomic E-state index is -0.151. The minimum Gasteiger partial charge on any atom is -0.469 e. The van der Waals surface area contributed by atoms with E-state index in [9.17, 15) is 4.79 Å². The molecular weight excluding hydrogens is 180 g/mol. The molecule has 1 aliphatic carbocycles. The molecule has 0 spiro atoms. The first-order chi connectivity index (χ1) is 6.45. The van der Waals surface area contributed by atoms with Crippen LogP contribution in [0.3, 0.4) is 0 Å². The Hall–Kier alpha value is -0.830. The molecular formula is C11H18O3. The first kappa shape index (κ1) is 11.2. The molecule has 3 heteroatoms. The highest BCUT2D eigenvalue weighted by Gasteiger charge is 2.61. The number of rotatable bonds is 3. The Kier molecular flexibility index (Phi) is 3.00. The maximum atomic E-state index is 11.4. The molecule has 0 unspecified atom stereocenters. The Bertz CT molecular complexity index is 266. The number of allylic oxidation sites excluding steroid dienone is 1. The van der Waals surface area contributed by atoms with Gasteiger partial charge in [0.1, 0.15) is 0 Å². The average Bonchev–Trinajstić information content (AvgIpc) is 2.67. The fourth-order valence-electron chi connectivity index (χ4n) is 1.93. The van der Waals surface area contributed by atoms with Crippen LogP contribution in [0, 0.1) is 17.3 Å². The molecule has 1 aliphatic rings. The van der Waals surface area contributed by atoms with Crippen LogP contribution in [-0.2, 0) is 9.53 Å². The Morgan fingerprint density at radius 3 is 2.57 bits per heavy atom. The first-order valence-corrected chi connectivity index (χ1v) is 4.81. The second kappa shape index (κ2) is 3.73. The number of ether oxygens (including phenoxy) is 1. The van der Waals surface area contributed by atoms with E-state index in [4.69, 9.17) is 9.84 Å². The maximum absolute atomic E-state index is 11.4. The van der Waals surface area contributed by atoms with Crippen molar-refractivity contribution >= 4 is 5.97 Å². The van der Waals surface area contributed by atoms with Crippen LogP contribution in [0.5, 0.6) is 0 Å². The van der Waals surface area contributed by atoms with Crippen molar-refractivity contribution in [1.29, 1.82) is 0 Å². The number of esters is 1. The Labute approximate surface area is 84.8 Å². The van der Waals surface area contributed by atoms with Crippen LogP contribution in [-0.4, -0.2) is 24.8 Å². The summed E-state index contributed by atoms with van der Waals surface area (Å²) in [6, 6.07) is 0. The third-order valence-corrected chi connectivity index (χ3v) is 3.08. The molecule has 0 bridgehead atoms. The third-order valence-electron chi connectivity index (χ3n) is 3.08. The summed E-state index contributed by atoms with van der Waals surface area (Å²) in [6.07, 6.45) is 1.97. The van der Waals surface area contributed by atoms with Gasteiger partial charge in [0.05, 0.1) is 19.6 Å². The predicted molar refractivity (Wildman–Crippen MR) is 53.6 cm³/mol. The number of carbonyl (C=O) groups is 1. The Morgan fingerprint density at radius 2 is 2.14 bits per heavy atom. The molecule has 0 heterocycles. The lowest BCUT2D eigenvalue weighted by molar-refractivity contribution is -0.143. The van der Waals surface area contributed by atoms with Gasteiger partial charge < -0.3 is 9.84 Å². The van der Waals surface area contributed by atoms with E-state index in [1.807, 2.05) is 26.8 Å². The van der Waals surface area contributed by atoms with Crippen molar-refractivity contribution in [2.75, 3.05) is 13.7 Å². The Morgan fingerprint density at radius 1 is 1.57 bits per heavy atom.